The number of ether oxygens (including phenoxy) is 1. The van der Waals surface area contributed by atoms with Crippen molar-refractivity contribution in [2.45, 2.75) is 70.4 Å². The van der Waals surface area contributed by atoms with Gasteiger partial charge in [0, 0.05) is 37.8 Å². The summed E-state index contributed by atoms with van der Waals surface area (Å²) in [6.07, 6.45) is 9.59. The van der Waals surface area contributed by atoms with E-state index in [0.29, 0.717) is 5.54 Å². The van der Waals surface area contributed by atoms with Crippen LogP contribution in [0.5, 0.6) is 0 Å². The maximum absolute atomic E-state index is 5.58. The molecule has 3 nitrogen and oxygen atoms in total. The predicted octanol–water partition coefficient (Wildman–Crippen LogP) is 2.80. The van der Waals surface area contributed by atoms with Crippen molar-refractivity contribution in [2.75, 3.05) is 32.8 Å². The molecule has 1 unspecified atom stereocenters. The lowest BCUT2D eigenvalue weighted by Gasteiger charge is -2.50. The summed E-state index contributed by atoms with van der Waals surface area (Å²) in [5, 5.41) is 3.91. The Bertz CT molecular complexity index is 251. The minimum absolute atomic E-state index is 0.425. The molecule has 0 radical (unpaired) electrons. The molecular formula is C16H32N2O. The fraction of sp³-hybridized carbons (Fsp3) is 1.00. The zero-order valence-corrected chi connectivity index (χ0v) is 12.9. The molecule has 0 amide bonds. The molecule has 1 atom stereocenters. The lowest BCUT2D eigenvalue weighted by Crippen LogP contribution is -2.65. The Labute approximate surface area is 119 Å². The van der Waals surface area contributed by atoms with Crippen molar-refractivity contribution in [3.05, 3.63) is 0 Å². The van der Waals surface area contributed by atoms with Crippen LogP contribution in [0, 0.1) is 0 Å². The van der Waals surface area contributed by atoms with E-state index in [1.165, 1.54) is 58.0 Å². The van der Waals surface area contributed by atoms with Gasteiger partial charge in [0.1, 0.15) is 0 Å². The lowest BCUT2D eigenvalue weighted by molar-refractivity contribution is 0.0266. The molecule has 19 heavy (non-hydrogen) atoms. The van der Waals surface area contributed by atoms with Crippen LogP contribution in [0.2, 0.25) is 0 Å². The van der Waals surface area contributed by atoms with Gasteiger partial charge in [0.15, 0.2) is 0 Å². The summed E-state index contributed by atoms with van der Waals surface area (Å²) in [5.41, 5.74) is 0.425. The third kappa shape index (κ3) is 4.17. The topological polar surface area (TPSA) is 24.5 Å². The Hall–Kier alpha value is -0.120. The van der Waals surface area contributed by atoms with Crippen LogP contribution in [-0.4, -0.2) is 49.3 Å². The zero-order valence-electron chi connectivity index (χ0n) is 12.9. The lowest BCUT2D eigenvalue weighted by atomic mass is 9.79. The van der Waals surface area contributed by atoms with Crippen LogP contribution in [0.25, 0.3) is 0 Å². The van der Waals surface area contributed by atoms with E-state index in [2.05, 4.69) is 24.1 Å². The molecule has 0 aromatic rings. The maximum Gasteiger partial charge on any atom is 0.0593 e. The summed E-state index contributed by atoms with van der Waals surface area (Å²) in [5.74, 6) is 0. The van der Waals surface area contributed by atoms with Gasteiger partial charge in [-0.15, -0.1) is 0 Å². The Morgan fingerprint density at radius 2 is 2.00 bits per heavy atom. The standard InChI is InChI=1S/C16H32N2O/c1-3-8-15-13-17-16(9-6-5-7-10-16)14-18(15)11-12-19-4-2/h15,17H,3-14H2,1-2H3. The predicted molar refractivity (Wildman–Crippen MR) is 80.6 cm³/mol. The number of piperazine rings is 1. The average molecular weight is 268 g/mol. The molecule has 1 aliphatic heterocycles. The first-order valence-electron chi connectivity index (χ1n) is 8.36. The highest BCUT2D eigenvalue weighted by atomic mass is 16.5. The quantitative estimate of drug-likeness (QED) is 0.750. The molecule has 1 spiro atoms. The number of hydrogen-bond acceptors (Lipinski definition) is 3. The van der Waals surface area contributed by atoms with E-state index >= 15 is 0 Å². The van der Waals surface area contributed by atoms with Crippen LogP contribution < -0.4 is 5.32 Å². The van der Waals surface area contributed by atoms with E-state index in [1.807, 2.05) is 0 Å². The molecule has 1 saturated heterocycles. The van der Waals surface area contributed by atoms with Gasteiger partial charge < -0.3 is 10.1 Å². The van der Waals surface area contributed by atoms with E-state index in [9.17, 15) is 0 Å². The smallest absolute Gasteiger partial charge is 0.0593 e. The molecule has 1 N–H and O–H groups in total. The molecule has 2 fully saturated rings. The minimum atomic E-state index is 0.425. The van der Waals surface area contributed by atoms with E-state index in [1.54, 1.807) is 0 Å². The summed E-state index contributed by atoms with van der Waals surface area (Å²) >= 11 is 0. The van der Waals surface area contributed by atoms with Crippen LogP contribution in [0.3, 0.4) is 0 Å². The summed E-state index contributed by atoms with van der Waals surface area (Å²) in [7, 11) is 0. The molecule has 3 heteroatoms. The van der Waals surface area contributed by atoms with Crippen molar-refractivity contribution in [1.29, 1.82) is 0 Å². The van der Waals surface area contributed by atoms with Gasteiger partial charge in [-0.1, -0.05) is 32.6 Å². The summed E-state index contributed by atoms with van der Waals surface area (Å²) in [4.78, 5) is 2.71. The average Bonchev–Trinajstić information content (AvgIpc) is 2.43. The van der Waals surface area contributed by atoms with Gasteiger partial charge >= 0.3 is 0 Å². The van der Waals surface area contributed by atoms with Crippen LogP contribution in [-0.2, 0) is 4.74 Å². The minimum Gasteiger partial charge on any atom is -0.380 e. The monoisotopic (exact) mass is 268 g/mol. The molecule has 0 aromatic heterocycles. The highest BCUT2D eigenvalue weighted by Gasteiger charge is 2.39. The van der Waals surface area contributed by atoms with Crippen molar-refractivity contribution < 1.29 is 4.74 Å². The van der Waals surface area contributed by atoms with E-state index < -0.39 is 0 Å². The molecule has 2 rings (SSSR count). The van der Waals surface area contributed by atoms with Gasteiger partial charge in [0.25, 0.3) is 0 Å². The van der Waals surface area contributed by atoms with Crippen molar-refractivity contribution in [3.8, 4) is 0 Å². The summed E-state index contributed by atoms with van der Waals surface area (Å²) < 4.78 is 5.58. The highest BCUT2D eigenvalue weighted by molar-refractivity contribution is 4.99. The second-order valence-corrected chi connectivity index (χ2v) is 6.33. The van der Waals surface area contributed by atoms with Crippen molar-refractivity contribution in [2.24, 2.45) is 0 Å². The van der Waals surface area contributed by atoms with Gasteiger partial charge in [-0.25, -0.2) is 0 Å². The third-order valence-electron chi connectivity index (χ3n) is 4.89. The number of nitrogens with zero attached hydrogens (tertiary/aromatic N) is 1. The van der Waals surface area contributed by atoms with Gasteiger partial charge in [-0.3, -0.25) is 4.90 Å². The number of hydrogen-bond donors (Lipinski definition) is 1. The molecule has 0 bridgehead atoms. The summed E-state index contributed by atoms with van der Waals surface area (Å²) in [6.45, 7) is 9.66. The first-order valence-corrected chi connectivity index (χ1v) is 8.36. The van der Waals surface area contributed by atoms with E-state index in [0.717, 1.165) is 25.8 Å². The molecular weight excluding hydrogens is 236 g/mol. The number of nitrogens with one attached hydrogen (secondary N) is 1. The second kappa shape index (κ2) is 7.61. The van der Waals surface area contributed by atoms with Gasteiger partial charge in [-0.2, -0.15) is 0 Å². The largest absolute Gasteiger partial charge is 0.380 e. The Kier molecular flexibility index (Phi) is 6.11. The van der Waals surface area contributed by atoms with Crippen LogP contribution in [0.4, 0.5) is 0 Å². The van der Waals surface area contributed by atoms with Gasteiger partial charge in [-0.05, 0) is 26.2 Å². The third-order valence-corrected chi connectivity index (χ3v) is 4.89. The van der Waals surface area contributed by atoms with E-state index in [4.69, 9.17) is 4.74 Å². The van der Waals surface area contributed by atoms with Crippen LogP contribution in [0.15, 0.2) is 0 Å². The fourth-order valence-electron chi connectivity index (χ4n) is 3.81. The molecule has 1 heterocycles. The Balaban J connectivity index is 1.91. The Morgan fingerprint density at radius 3 is 2.68 bits per heavy atom. The summed E-state index contributed by atoms with van der Waals surface area (Å²) in [6, 6.07) is 0.720. The SMILES string of the molecule is CCCC1CNC2(CCCCC2)CN1CCOCC. The van der Waals surface area contributed by atoms with E-state index in [-0.39, 0.29) is 0 Å². The van der Waals surface area contributed by atoms with Crippen molar-refractivity contribution in [1.82, 2.24) is 10.2 Å². The molecule has 112 valence electrons. The maximum atomic E-state index is 5.58. The molecule has 0 aromatic carbocycles. The van der Waals surface area contributed by atoms with Gasteiger partial charge in [0.2, 0.25) is 0 Å². The second-order valence-electron chi connectivity index (χ2n) is 6.33. The normalized spacial score (nSPS) is 27.8. The molecule has 1 saturated carbocycles. The van der Waals surface area contributed by atoms with Crippen molar-refractivity contribution in [3.63, 3.8) is 0 Å². The molecule has 1 aliphatic carbocycles. The fourth-order valence-corrected chi connectivity index (χ4v) is 3.81. The van der Waals surface area contributed by atoms with Crippen molar-refractivity contribution >= 4 is 0 Å². The highest BCUT2D eigenvalue weighted by Crippen LogP contribution is 2.32. The zero-order chi connectivity index (χ0) is 13.6. The van der Waals surface area contributed by atoms with Crippen LogP contribution in [0.1, 0.15) is 58.8 Å². The van der Waals surface area contributed by atoms with Crippen LogP contribution >= 0.6 is 0 Å². The number of rotatable bonds is 6. The van der Waals surface area contributed by atoms with Gasteiger partial charge in [0.05, 0.1) is 6.61 Å². The Morgan fingerprint density at radius 1 is 1.21 bits per heavy atom. The first-order chi connectivity index (χ1) is 9.29. The molecule has 2 aliphatic rings. The first kappa shape index (κ1) is 15.3.